The summed E-state index contributed by atoms with van der Waals surface area (Å²) in [5.74, 6) is 0.434. The number of ether oxygens (including phenoxy) is 1. The molecule has 1 aromatic carbocycles. The fourth-order valence-corrected chi connectivity index (χ4v) is 1.85. The number of carbonyl (C=O) groups excluding carboxylic acids is 1. The van der Waals surface area contributed by atoms with Gasteiger partial charge in [0.15, 0.2) is 11.9 Å². The molecule has 0 radical (unpaired) electrons. The third kappa shape index (κ3) is 1.13. The lowest BCUT2D eigenvalue weighted by Crippen LogP contribution is -2.40. The molecule has 1 N–H and O–H groups in total. The average molecular weight is 192 g/mol. The van der Waals surface area contributed by atoms with Crippen LogP contribution in [0.5, 0.6) is 5.75 Å². The lowest BCUT2D eigenvalue weighted by molar-refractivity contribution is -0.132. The summed E-state index contributed by atoms with van der Waals surface area (Å²) in [6.45, 7) is 3.02. The number of aliphatic hydroxyl groups is 1. The summed E-state index contributed by atoms with van der Waals surface area (Å²) in [7, 11) is 0. The van der Waals surface area contributed by atoms with Gasteiger partial charge in [0.1, 0.15) is 11.4 Å². The minimum absolute atomic E-state index is 0.161. The van der Waals surface area contributed by atoms with Gasteiger partial charge in [0.05, 0.1) is 0 Å². The molecular formula is C11H12O3. The maximum absolute atomic E-state index is 11.2. The van der Waals surface area contributed by atoms with Gasteiger partial charge in [-0.25, -0.2) is 0 Å². The van der Waals surface area contributed by atoms with Crippen molar-refractivity contribution >= 4 is 5.78 Å². The second kappa shape index (κ2) is 2.82. The van der Waals surface area contributed by atoms with Gasteiger partial charge in [-0.05, 0) is 19.9 Å². The average Bonchev–Trinajstić information content (AvgIpc) is 2.39. The number of fused-ring (bicyclic) bond motifs is 1. The number of benzene rings is 1. The maximum atomic E-state index is 11.2. The lowest BCUT2D eigenvalue weighted by Gasteiger charge is -2.21. The number of para-hydroxylation sites is 1. The first-order valence-corrected chi connectivity index (χ1v) is 4.52. The van der Waals surface area contributed by atoms with E-state index >= 15 is 0 Å². The molecule has 0 saturated heterocycles. The SMILES string of the molecule is CC(=O)C1Oc2ccccc2C1(C)O. The zero-order valence-corrected chi connectivity index (χ0v) is 8.15. The summed E-state index contributed by atoms with van der Waals surface area (Å²) >= 11 is 0. The Balaban J connectivity index is 2.50. The van der Waals surface area contributed by atoms with E-state index in [1.807, 2.05) is 12.1 Å². The Labute approximate surface area is 82.3 Å². The number of hydrogen-bond acceptors (Lipinski definition) is 3. The third-order valence-corrected chi connectivity index (χ3v) is 2.56. The Morgan fingerprint density at radius 1 is 1.50 bits per heavy atom. The van der Waals surface area contributed by atoms with Crippen LogP contribution in [0.25, 0.3) is 0 Å². The molecule has 1 heterocycles. The minimum Gasteiger partial charge on any atom is -0.479 e. The second-order valence-corrected chi connectivity index (χ2v) is 3.75. The Hall–Kier alpha value is -1.35. The van der Waals surface area contributed by atoms with Crippen molar-refractivity contribution in [2.24, 2.45) is 0 Å². The van der Waals surface area contributed by atoms with Crippen LogP contribution in [0.15, 0.2) is 24.3 Å². The van der Waals surface area contributed by atoms with Crippen LogP contribution in [0.4, 0.5) is 0 Å². The number of carbonyl (C=O) groups is 1. The molecule has 0 saturated carbocycles. The van der Waals surface area contributed by atoms with E-state index in [2.05, 4.69) is 0 Å². The van der Waals surface area contributed by atoms with Gasteiger partial charge in [-0.15, -0.1) is 0 Å². The molecule has 0 spiro atoms. The van der Waals surface area contributed by atoms with Crippen LogP contribution < -0.4 is 4.74 Å². The molecule has 0 fully saturated rings. The molecule has 0 amide bonds. The molecular weight excluding hydrogens is 180 g/mol. The first kappa shape index (κ1) is 9.21. The van der Waals surface area contributed by atoms with Gasteiger partial charge in [0, 0.05) is 5.56 Å². The van der Waals surface area contributed by atoms with E-state index in [9.17, 15) is 9.90 Å². The highest BCUT2D eigenvalue weighted by molar-refractivity contribution is 5.83. The van der Waals surface area contributed by atoms with Crippen LogP contribution in [0.1, 0.15) is 19.4 Å². The van der Waals surface area contributed by atoms with Crippen molar-refractivity contribution in [2.45, 2.75) is 25.6 Å². The second-order valence-electron chi connectivity index (χ2n) is 3.75. The molecule has 14 heavy (non-hydrogen) atoms. The van der Waals surface area contributed by atoms with Crippen molar-refractivity contribution in [1.82, 2.24) is 0 Å². The van der Waals surface area contributed by atoms with E-state index in [-0.39, 0.29) is 5.78 Å². The monoisotopic (exact) mass is 192 g/mol. The van der Waals surface area contributed by atoms with Gasteiger partial charge in [-0.2, -0.15) is 0 Å². The van der Waals surface area contributed by atoms with Crippen molar-refractivity contribution in [1.29, 1.82) is 0 Å². The molecule has 1 aromatic rings. The summed E-state index contributed by atoms with van der Waals surface area (Å²) in [4.78, 5) is 11.2. The fourth-order valence-electron chi connectivity index (χ4n) is 1.85. The van der Waals surface area contributed by atoms with Crippen molar-refractivity contribution in [3.63, 3.8) is 0 Å². The van der Waals surface area contributed by atoms with Crippen LogP contribution in [-0.2, 0) is 10.4 Å². The van der Waals surface area contributed by atoms with E-state index < -0.39 is 11.7 Å². The quantitative estimate of drug-likeness (QED) is 0.728. The van der Waals surface area contributed by atoms with Crippen molar-refractivity contribution in [3.8, 4) is 5.75 Å². The normalized spacial score (nSPS) is 29.5. The summed E-state index contributed by atoms with van der Waals surface area (Å²) in [5.41, 5.74) is -0.525. The molecule has 0 aromatic heterocycles. The van der Waals surface area contributed by atoms with Crippen LogP contribution in [0, 0.1) is 0 Å². The summed E-state index contributed by atoms with van der Waals surface area (Å²) < 4.78 is 5.38. The number of hydrogen-bond donors (Lipinski definition) is 1. The molecule has 2 unspecified atom stereocenters. The largest absolute Gasteiger partial charge is 0.479 e. The Kier molecular flexibility index (Phi) is 1.86. The molecule has 2 atom stereocenters. The Bertz CT molecular complexity index is 382. The molecule has 1 aliphatic heterocycles. The van der Waals surface area contributed by atoms with Crippen LogP contribution in [0.2, 0.25) is 0 Å². The predicted molar refractivity (Wildman–Crippen MR) is 51.1 cm³/mol. The first-order chi connectivity index (χ1) is 6.53. The van der Waals surface area contributed by atoms with E-state index in [1.165, 1.54) is 6.92 Å². The zero-order valence-electron chi connectivity index (χ0n) is 8.15. The Morgan fingerprint density at radius 2 is 2.14 bits per heavy atom. The standard InChI is InChI=1S/C11H12O3/c1-7(12)10-11(2,13)8-5-3-4-6-9(8)14-10/h3-6,10,13H,1-2H3. The highest BCUT2D eigenvalue weighted by atomic mass is 16.5. The highest BCUT2D eigenvalue weighted by Crippen LogP contribution is 2.40. The van der Waals surface area contributed by atoms with E-state index in [0.29, 0.717) is 11.3 Å². The van der Waals surface area contributed by atoms with Crippen molar-refractivity contribution in [2.75, 3.05) is 0 Å². The van der Waals surface area contributed by atoms with Gasteiger partial charge in [0.2, 0.25) is 0 Å². The molecule has 74 valence electrons. The maximum Gasteiger partial charge on any atom is 0.189 e. The zero-order chi connectivity index (χ0) is 10.3. The van der Waals surface area contributed by atoms with Crippen molar-refractivity contribution in [3.05, 3.63) is 29.8 Å². The van der Waals surface area contributed by atoms with Crippen LogP contribution >= 0.6 is 0 Å². The van der Waals surface area contributed by atoms with Crippen LogP contribution in [0.3, 0.4) is 0 Å². The van der Waals surface area contributed by atoms with E-state index in [0.717, 1.165) is 0 Å². The predicted octanol–water partition coefficient (Wildman–Crippen LogP) is 1.24. The van der Waals surface area contributed by atoms with Gasteiger partial charge in [0.25, 0.3) is 0 Å². The van der Waals surface area contributed by atoms with E-state index in [1.54, 1.807) is 19.1 Å². The van der Waals surface area contributed by atoms with Crippen molar-refractivity contribution < 1.29 is 14.6 Å². The molecule has 3 nitrogen and oxygen atoms in total. The minimum atomic E-state index is -1.21. The third-order valence-electron chi connectivity index (χ3n) is 2.56. The van der Waals surface area contributed by atoms with Crippen LogP contribution in [-0.4, -0.2) is 17.0 Å². The van der Waals surface area contributed by atoms with E-state index in [4.69, 9.17) is 4.74 Å². The fraction of sp³-hybridized carbons (Fsp3) is 0.364. The van der Waals surface area contributed by atoms with Gasteiger partial charge in [-0.1, -0.05) is 18.2 Å². The van der Waals surface area contributed by atoms with Gasteiger partial charge >= 0.3 is 0 Å². The lowest BCUT2D eigenvalue weighted by atomic mass is 9.90. The highest BCUT2D eigenvalue weighted by Gasteiger charge is 2.46. The number of rotatable bonds is 1. The first-order valence-electron chi connectivity index (χ1n) is 4.52. The Morgan fingerprint density at radius 3 is 2.71 bits per heavy atom. The molecule has 1 aliphatic rings. The number of Topliss-reactive ketones (excluding diaryl/α,β-unsaturated/α-hetero) is 1. The summed E-state index contributed by atoms with van der Waals surface area (Å²) in [5, 5.41) is 10.1. The number of ketones is 1. The van der Waals surface area contributed by atoms with Gasteiger partial charge in [-0.3, -0.25) is 4.79 Å². The smallest absolute Gasteiger partial charge is 0.189 e. The molecule has 3 heteroatoms. The molecule has 0 aliphatic carbocycles. The molecule has 0 bridgehead atoms. The summed E-state index contributed by atoms with van der Waals surface area (Å²) in [6, 6.07) is 7.17. The summed E-state index contributed by atoms with van der Waals surface area (Å²) in [6.07, 6.45) is -0.778. The topological polar surface area (TPSA) is 46.5 Å². The molecule has 2 rings (SSSR count). The van der Waals surface area contributed by atoms with Gasteiger partial charge < -0.3 is 9.84 Å².